The van der Waals surface area contributed by atoms with E-state index in [-0.39, 0.29) is 11.3 Å². The van der Waals surface area contributed by atoms with Gasteiger partial charge in [0.05, 0.1) is 18.7 Å². The smallest absolute Gasteiger partial charge is 0.198 e. The molecule has 2 aromatic rings. The Kier molecular flexibility index (Phi) is 4.39. The lowest BCUT2D eigenvalue weighted by molar-refractivity contribution is 0.359. The van der Waals surface area contributed by atoms with Crippen LogP contribution >= 0.6 is 0 Å². The quantitative estimate of drug-likeness (QED) is 0.847. The first kappa shape index (κ1) is 14.8. The minimum Gasteiger partial charge on any atom is -0.493 e. The molecule has 0 unspecified atom stereocenters. The van der Waals surface area contributed by atoms with Gasteiger partial charge < -0.3 is 9.47 Å². The third-order valence-corrected chi connectivity index (χ3v) is 2.98. The van der Waals surface area contributed by atoms with Gasteiger partial charge in [-0.2, -0.15) is 5.26 Å². The van der Waals surface area contributed by atoms with Crippen molar-refractivity contribution in [2.45, 2.75) is 13.3 Å². The van der Waals surface area contributed by atoms with Crippen molar-refractivity contribution in [3.8, 4) is 23.3 Å². The number of nitriles is 1. The Hall–Kier alpha value is -2.61. The molecule has 3 nitrogen and oxygen atoms in total. The fourth-order valence-electron chi connectivity index (χ4n) is 1.85. The van der Waals surface area contributed by atoms with Gasteiger partial charge in [-0.15, -0.1) is 0 Å². The van der Waals surface area contributed by atoms with E-state index in [1.165, 1.54) is 7.11 Å². The summed E-state index contributed by atoms with van der Waals surface area (Å²) in [6, 6.07) is 8.65. The highest BCUT2D eigenvalue weighted by Gasteiger charge is 2.16. The van der Waals surface area contributed by atoms with Crippen molar-refractivity contribution in [3.05, 3.63) is 53.1 Å². The van der Waals surface area contributed by atoms with Gasteiger partial charge in [-0.05, 0) is 36.2 Å². The van der Waals surface area contributed by atoms with Crippen LogP contribution in [-0.2, 0) is 6.42 Å². The number of aryl methyl sites for hydroxylation is 1. The van der Waals surface area contributed by atoms with Crippen molar-refractivity contribution < 1.29 is 18.3 Å². The largest absolute Gasteiger partial charge is 0.493 e. The van der Waals surface area contributed by atoms with E-state index in [1.807, 2.05) is 6.92 Å². The van der Waals surface area contributed by atoms with Crippen LogP contribution in [-0.4, -0.2) is 7.11 Å². The second-order valence-electron chi connectivity index (χ2n) is 4.32. The lowest BCUT2D eigenvalue weighted by Crippen LogP contribution is -1.97. The summed E-state index contributed by atoms with van der Waals surface area (Å²) in [5.74, 6) is -1.84. The molecule has 0 N–H and O–H groups in total. The summed E-state index contributed by atoms with van der Waals surface area (Å²) in [7, 11) is 1.45. The number of hydrogen-bond acceptors (Lipinski definition) is 3. The fourth-order valence-corrected chi connectivity index (χ4v) is 1.85. The zero-order valence-corrected chi connectivity index (χ0v) is 11.6. The number of ether oxygens (including phenoxy) is 2. The summed E-state index contributed by atoms with van der Waals surface area (Å²) in [4.78, 5) is 0. The summed E-state index contributed by atoms with van der Waals surface area (Å²) in [5.41, 5.74) is 0.908. The number of benzene rings is 2. The van der Waals surface area contributed by atoms with Gasteiger partial charge in [-0.3, -0.25) is 0 Å². The zero-order valence-electron chi connectivity index (χ0n) is 11.6. The van der Waals surface area contributed by atoms with E-state index >= 15 is 0 Å². The van der Waals surface area contributed by atoms with E-state index < -0.39 is 17.4 Å². The standard InChI is InChI=1S/C16H13F2NO2/c1-3-10-4-5-14(15(8-10)20-2)21-16-12(17)6-11(9-19)7-13(16)18/h4-8H,3H2,1-2H3. The lowest BCUT2D eigenvalue weighted by Gasteiger charge is -2.12. The van der Waals surface area contributed by atoms with Crippen LogP contribution in [0.25, 0.3) is 0 Å². The van der Waals surface area contributed by atoms with E-state index in [0.717, 1.165) is 24.1 Å². The van der Waals surface area contributed by atoms with Crippen molar-refractivity contribution in [1.82, 2.24) is 0 Å². The van der Waals surface area contributed by atoms with Crippen molar-refractivity contribution >= 4 is 0 Å². The maximum atomic E-state index is 13.8. The van der Waals surface area contributed by atoms with Gasteiger partial charge in [0.25, 0.3) is 0 Å². The third-order valence-electron chi connectivity index (χ3n) is 2.98. The van der Waals surface area contributed by atoms with Crippen LogP contribution in [0, 0.1) is 23.0 Å². The number of halogens is 2. The van der Waals surface area contributed by atoms with Crippen LogP contribution < -0.4 is 9.47 Å². The molecule has 0 radical (unpaired) electrons. The van der Waals surface area contributed by atoms with Gasteiger partial charge in [0.2, 0.25) is 0 Å². The molecule has 21 heavy (non-hydrogen) atoms. The Morgan fingerprint density at radius 2 is 1.76 bits per heavy atom. The molecule has 108 valence electrons. The second-order valence-corrected chi connectivity index (χ2v) is 4.32. The molecule has 0 heterocycles. The van der Waals surface area contributed by atoms with E-state index in [2.05, 4.69) is 0 Å². The Bertz CT molecular complexity index is 685. The minimum atomic E-state index is -0.937. The molecule has 2 aromatic carbocycles. The van der Waals surface area contributed by atoms with E-state index in [1.54, 1.807) is 24.3 Å². The van der Waals surface area contributed by atoms with Crippen LogP contribution in [0.4, 0.5) is 8.78 Å². The number of rotatable bonds is 4. The molecule has 0 spiro atoms. The molecule has 0 atom stereocenters. The number of hydrogen-bond donors (Lipinski definition) is 0. The molecule has 0 aromatic heterocycles. The van der Waals surface area contributed by atoms with Crippen LogP contribution in [0.2, 0.25) is 0 Å². The second kappa shape index (κ2) is 6.23. The van der Waals surface area contributed by atoms with Crippen molar-refractivity contribution in [1.29, 1.82) is 5.26 Å². The maximum absolute atomic E-state index is 13.8. The van der Waals surface area contributed by atoms with Crippen LogP contribution in [0.3, 0.4) is 0 Å². The Morgan fingerprint density at radius 1 is 1.10 bits per heavy atom. The molecule has 0 fully saturated rings. The molecule has 0 aliphatic carbocycles. The van der Waals surface area contributed by atoms with Gasteiger partial charge in [-0.25, -0.2) is 8.78 Å². The Morgan fingerprint density at radius 3 is 2.29 bits per heavy atom. The summed E-state index contributed by atoms with van der Waals surface area (Å²) in [6.45, 7) is 1.98. The molecule has 5 heteroatoms. The summed E-state index contributed by atoms with van der Waals surface area (Å²) >= 11 is 0. The van der Waals surface area contributed by atoms with Crippen molar-refractivity contribution in [2.24, 2.45) is 0 Å². The molecule has 0 saturated heterocycles. The minimum absolute atomic E-state index is 0.106. The first-order valence-electron chi connectivity index (χ1n) is 6.33. The van der Waals surface area contributed by atoms with Crippen molar-refractivity contribution in [2.75, 3.05) is 7.11 Å². The molecule has 0 aliphatic rings. The van der Waals surface area contributed by atoms with Crippen LogP contribution in [0.15, 0.2) is 30.3 Å². The Balaban J connectivity index is 2.41. The summed E-state index contributed by atoms with van der Waals surface area (Å²) in [6.07, 6.45) is 0.802. The van der Waals surface area contributed by atoms with Gasteiger partial charge in [0.15, 0.2) is 28.9 Å². The van der Waals surface area contributed by atoms with Crippen LogP contribution in [0.5, 0.6) is 17.2 Å². The van der Waals surface area contributed by atoms with Gasteiger partial charge >= 0.3 is 0 Å². The summed E-state index contributed by atoms with van der Waals surface area (Å²) < 4.78 is 38.1. The first-order valence-corrected chi connectivity index (χ1v) is 6.33. The van der Waals surface area contributed by atoms with Crippen molar-refractivity contribution in [3.63, 3.8) is 0 Å². The molecule has 0 aliphatic heterocycles. The van der Waals surface area contributed by atoms with Crippen LogP contribution in [0.1, 0.15) is 18.1 Å². The van der Waals surface area contributed by atoms with E-state index in [4.69, 9.17) is 14.7 Å². The molecule has 0 amide bonds. The normalized spacial score (nSPS) is 10.0. The molecule has 2 rings (SSSR count). The first-order chi connectivity index (χ1) is 10.1. The van der Waals surface area contributed by atoms with Gasteiger partial charge in [0.1, 0.15) is 0 Å². The highest BCUT2D eigenvalue weighted by molar-refractivity contribution is 5.47. The average Bonchev–Trinajstić information content (AvgIpc) is 2.50. The molecular formula is C16H13F2NO2. The fraction of sp³-hybridized carbons (Fsp3) is 0.188. The SMILES string of the molecule is CCc1ccc(Oc2c(F)cc(C#N)cc2F)c(OC)c1. The third kappa shape index (κ3) is 3.11. The zero-order chi connectivity index (χ0) is 15.4. The molecular weight excluding hydrogens is 276 g/mol. The van der Waals surface area contributed by atoms with E-state index in [9.17, 15) is 8.78 Å². The molecule has 0 bridgehead atoms. The molecule has 0 saturated carbocycles. The maximum Gasteiger partial charge on any atom is 0.198 e. The van der Waals surface area contributed by atoms with Gasteiger partial charge in [0, 0.05) is 0 Å². The van der Waals surface area contributed by atoms with Gasteiger partial charge in [-0.1, -0.05) is 13.0 Å². The highest BCUT2D eigenvalue weighted by Crippen LogP contribution is 2.35. The highest BCUT2D eigenvalue weighted by atomic mass is 19.1. The number of nitrogens with zero attached hydrogens (tertiary/aromatic N) is 1. The Labute approximate surface area is 121 Å². The monoisotopic (exact) mass is 289 g/mol. The predicted molar refractivity (Wildman–Crippen MR) is 73.5 cm³/mol. The predicted octanol–water partition coefficient (Wildman–Crippen LogP) is 4.20. The topological polar surface area (TPSA) is 42.2 Å². The van der Waals surface area contributed by atoms with E-state index in [0.29, 0.717) is 5.75 Å². The average molecular weight is 289 g/mol. The number of methoxy groups -OCH3 is 1. The lowest BCUT2D eigenvalue weighted by atomic mass is 10.1. The summed E-state index contributed by atoms with van der Waals surface area (Å²) in [5, 5.41) is 8.66.